The largest absolute Gasteiger partial charge is 0.444 e. The molecule has 0 aliphatic carbocycles. The van der Waals surface area contributed by atoms with Crippen LogP contribution in [0.2, 0.25) is 0 Å². The summed E-state index contributed by atoms with van der Waals surface area (Å²) >= 11 is 0. The summed E-state index contributed by atoms with van der Waals surface area (Å²) in [6.45, 7) is 7.37. The van der Waals surface area contributed by atoms with E-state index in [1.54, 1.807) is 23.0 Å². The maximum atomic E-state index is 11.9. The molecular formula is C15H20N4O2. The van der Waals surface area contributed by atoms with Gasteiger partial charge in [0.25, 0.3) is 0 Å². The Labute approximate surface area is 124 Å². The second kappa shape index (κ2) is 5.55. The van der Waals surface area contributed by atoms with E-state index in [0.29, 0.717) is 11.4 Å². The first-order valence-electron chi connectivity index (χ1n) is 6.72. The number of pyridine rings is 1. The summed E-state index contributed by atoms with van der Waals surface area (Å²) < 4.78 is 7.00. The van der Waals surface area contributed by atoms with E-state index in [4.69, 9.17) is 4.74 Å². The van der Waals surface area contributed by atoms with Crippen LogP contribution in [0.5, 0.6) is 0 Å². The van der Waals surface area contributed by atoms with E-state index in [-0.39, 0.29) is 0 Å². The summed E-state index contributed by atoms with van der Waals surface area (Å²) in [7, 11) is 1.84. The van der Waals surface area contributed by atoms with E-state index in [9.17, 15) is 4.79 Å². The van der Waals surface area contributed by atoms with Crippen LogP contribution in [-0.2, 0) is 11.8 Å². The van der Waals surface area contributed by atoms with Gasteiger partial charge < -0.3 is 4.74 Å². The Morgan fingerprint density at radius 3 is 2.67 bits per heavy atom. The van der Waals surface area contributed by atoms with Gasteiger partial charge in [-0.3, -0.25) is 15.0 Å². The highest BCUT2D eigenvalue weighted by Crippen LogP contribution is 2.26. The van der Waals surface area contributed by atoms with E-state index in [0.717, 1.165) is 11.4 Å². The number of carbonyl (C=O) groups excluding carboxylic acids is 1. The van der Waals surface area contributed by atoms with E-state index in [2.05, 4.69) is 15.4 Å². The number of carbonyl (C=O) groups is 1. The van der Waals surface area contributed by atoms with Crippen molar-refractivity contribution in [3.05, 3.63) is 30.1 Å². The van der Waals surface area contributed by atoms with Gasteiger partial charge in [0.1, 0.15) is 11.3 Å². The number of ether oxygens (including phenoxy) is 1. The highest BCUT2D eigenvalue weighted by atomic mass is 16.6. The van der Waals surface area contributed by atoms with Crippen molar-refractivity contribution in [1.29, 1.82) is 0 Å². The topological polar surface area (TPSA) is 69.0 Å². The fourth-order valence-electron chi connectivity index (χ4n) is 1.96. The lowest BCUT2D eigenvalue weighted by Gasteiger charge is -2.20. The van der Waals surface area contributed by atoms with Crippen LogP contribution in [0.15, 0.2) is 24.4 Å². The maximum absolute atomic E-state index is 11.9. The number of hydrogen-bond acceptors (Lipinski definition) is 4. The van der Waals surface area contributed by atoms with Crippen molar-refractivity contribution in [3.63, 3.8) is 0 Å². The summed E-state index contributed by atoms with van der Waals surface area (Å²) in [6.07, 6.45) is 1.17. The van der Waals surface area contributed by atoms with Gasteiger partial charge in [-0.1, -0.05) is 0 Å². The highest BCUT2D eigenvalue weighted by molar-refractivity contribution is 5.89. The first-order valence-corrected chi connectivity index (χ1v) is 6.72. The number of amides is 1. The van der Waals surface area contributed by atoms with Gasteiger partial charge in [0.2, 0.25) is 0 Å². The Hall–Kier alpha value is -2.37. The highest BCUT2D eigenvalue weighted by Gasteiger charge is 2.18. The van der Waals surface area contributed by atoms with Crippen LogP contribution >= 0.6 is 0 Å². The fraction of sp³-hybridized carbons (Fsp3) is 0.400. The van der Waals surface area contributed by atoms with Gasteiger partial charge >= 0.3 is 6.09 Å². The molecule has 0 saturated heterocycles. The minimum absolute atomic E-state index is 0.504. The molecule has 2 rings (SSSR count). The molecule has 0 bridgehead atoms. The molecular weight excluding hydrogens is 268 g/mol. The zero-order chi connectivity index (χ0) is 15.6. The Balaban J connectivity index is 2.30. The molecule has 0 radical (unpaired) electrons. The summed E-state index contributed by atoms with van der Waals surface area (Å²) in [5, 5.41) is 7.04. The fourth-order valence-corrected chi connectivity index (χ4v) is 1.96. The van der Waals surface area contributed by atoms with Crippen LogP contribution in [-0.4, -0.2) is 26.5 Å². The average molecular weight is 288 g/mol. The summed E-state index contributed by atoms with van der Waals surface area (Å²) in [5.41, 5.74) is 2.43. The van der Waals surface area contributed by atoms with Gasteiger partial charge in [0, 0.05) is 13.2 Å². The third-order valence-corrected chi connectivity index (χ3v) is 2.69. The van der Waals surface area contributed by atoms with Gasteiger partial charge in [0.15, 0.2) is 0 Å². The molecule has 0 spiro atoms. The normalized spacial score (nSPS) is 11.3. The third-order valence-electron chi connectivity index (χ3n) is 2.69. The molecule has 0 fully saturated rings. The smallest absolute Gasteiger partial charge is 0.412 e. The molecule has 6 heteroatoms. The van der Waals surface area contributed by atoms with E-state index in [1.165, 1.54) is 0 Å². The van der Waals surface area contributed by atoms with Crippen LogP contribution in [0, 0.1) is 6.92 Å². The predicted molar refractivity (Wildman–Crippen MR) is 81.0 cm³/mol. The number of hydrogen-bond donors (Lipinski definition) is 1. The third kappa shape index (κ3) is 3.81. The lowest BCUT2D eigenvalue weighted by Crippen LogP contribution is -2.27. The molecule has 2 heterocycles. The number of nitrogens with zero attached hydrogens (tertiary/aromatic N) is 3. The van der Waals surface area contributed by atoms with Crippen LogP contribution in [0.25, 0.3) is 11.4 Å². The van der Waals surface area contributed by atoms with Crippen molar-refractivity contribution < 1.29 is 9.53 Å². The van der Waals surface area contributed by atoms with Crippen LogP contribution in [0.1, 0.15) is 26.5 Å². The lowest BCUT2D eigenvalue weighted by molar-refractivity contribution is 0.0636. The summed E-state index contributed by atoms with van der Waals surface area (Å²) in [5.74, 6) is 0. The van der Waals surface area contributed by atoms with Crippen molar-refractivity contribution in [2.45, 2.75) is 33.3 Å². The van der Waals surface area contributed by atoms with Crippen molar-refractivity contribution >= 4 is 11.8 Å². The maximum Gasteiger partial charge on any atom is 0.412 e. The minimum Gasteiger partial charge on any atom is -0.444 e. The molecule has 2 aromatic rings. The predicted octanol–water partition coefficient (Wildman–Crippen LogP) is 3.14. The van der Waals surface area contributed by atoms with Crippen molar-refractivity contribution in [2.75, 3.05) is 5.32 Å². The molecule has 1 N–H and O–H groups in total. The quantitative estimate of drug-likeness (QED) is 0.921. The van der Waals surface area contributed by atoms with Crippen LogP contribution < -0.4 is 5.32 Å². The van der Waals surface area contributed by atoms with Gasteiger partial charge in [0.05, 0.1) is 17.1 Å². The minimum atomic E-state index is -0.546. The van der Waals surface area contributed by atoms with Gasteiger partial charge in [-0.15, -0.1) is 0 Å². The van der Waals surface area contributed by atoms with Gasteiger partial charge in [-0.25, -0.2) is 4.79 Å². The molecule has 112 valence electrons. The number of rotatable bonds is 2. The molecule has 21 heavy (non-hydrogen) atoms. The Kier molecular flexibility index (Phi) is 3.97. The summed E-state index contributed by atoms with van der Waals surface area (Å²) in [4.78, 5) is 16.3. The molecule has 0 saturated carbocycles. The zero-order valence-electron chi connectivity index (χ0n) is 13.0. The molecule has 1 amide bonds. The van der Waals surface area contributed by atoms with Crippen molar-refractivity contribution in [1.82, 2.24) is 14.8 Å². The first kappa shape index (κ1) is 15.0. The number of nitrogens with one attached hydrogen (secondary N) is 1. The molecule has 2 aromatic heterocycles. The van der Waals surface area contributed by atoms with E-state index >= 15 is 0 Å². The van der Waals surface area contributed by atoms with Gasteiger partial charge in [-0.2, -0.15) is 5.10 Å². The average Bonchev–Trinajstić information content (AvgIpc) is 2.66. The second-order valence-corrected chi connectivity index (χ2v) is 5.82. The standard InChI is InChI=1S/C15H20N4O2/c1-10-9-12(19(5)18-10)13-11(7-6-8-16-13)17-14(20)21-15(2,3)4/h6-9H,1-5H3,(H,17,20). The molecule has 0 unspecified atom stereocenters. The lowest BCUT2D eigenvalue weighted by atomic mass is 10.2. The summed E-state index contributed by atoms with van der Waals surface area (Å²) in [6, 6.07) is 5.47. The van der Waals surface area contributed by atoms with Crippen molar-refractivity contribution in [3.8, 4) is 11.4 Å². The van der Waals surface area contributed by atoms with Crippen LogP contribution in [0.4, 0.5) is 10.5 Å². The number of anilines is 1. The molecule has 6 nitrogen and oxygen atoms in total. The Morgan fingerprint density at radius 1 is 1.38 bits per heavy atom. The van der Waals surface area contributed by atoms with Crippen LogP contribution in [0.3, 0.4) is 0 Å². The zero-order valence-corrected chi connectivity index (χ0v) is 13.0. The molecule has 0 aliphatic rings. The number of aromatic nitrogens is 3. The molecule has 0 aromatic carbocycles. The van der Waals surface area contributed by atoms with E-state index in [1.807, 2.05) is 40.8 Å². The number of aryl methyl sites for hydroxylation is 2. The molecule has 0 aliphatic heterocycles. The Bertz CT molecular complexity index is 656. The Morgan fingerprint density at radius 2 is 2.10 bits per heavy atom. The monoisotopic (exact) mass is 288 g/mol. The second-order valence-electron chi connectivity index (χ2n) is 5.82. The SMILES string of the molecule is Cc1cc(-c2ncccc2NC(=O)OC(C)(C)C)n(C)n1. The first-order chi connectivity index (χ1) is 9.76. The molecule has 0 atom stereocenters. The van der Waals surface area contributed by atoms with Gasteiger partial charge in [-0.05, 0) is 45.9 Å². The van der Waals surface area contributed by atoms with E-state index < -0.39 is 11.7 Å². The van der Waals surface area contributed by atoms with Crippen molar-refractivity contribution in [2.24, 2.45) is 7.05 Å².